The number of imide groups is 1. The van der Waals surface area contributed by atoms with Crippen LogP contribution in [-0.4, -0.2) is 58.9 Å². The molecule has 0 bridgehead atoms. The van der Waals surface area contributed by atoms with E-state index in [0.717, 1.165) is 4.90 Å². The first-order valence-corrected chi connectivity index (χ1v) is 6.07. The maximum atomic E-state index is 11.8. The first-order valence-electron chi connectivity index (χ1n) is 6.07. The van der Waals surface area contributed by atoms with E-state index in [-0.39, 0.29) is 17.8 Å². The fourth-order valence-electron chi connectivity index (χ4n) is 1.90. The molecule has 21 heavy (non-hydrogen) atoms. The number of rotatable bonds is 4. The Morgan fingerprint density at radius 3 is 2.62 bits per heavy atom. The summed E-state index contributed by atoms with van der Waals surface area (Å²) < 4.78 is 0. The Labute approximate surface area is 119 Å². The number of anilines is 1. The van der Waals surface area contributed by atoms with Crippen molar-refractivity contribution in [3.05, 3.63) is 29.8 Å². The molecule has 1 aliphatic rings. The van der Waals surface area contributed by atoms with Crippen LogP contribution in [0.2, 0.25) is 0 Å². The number of likely N-dealkylation sites (N-methyl/N-ethyl adjacent to an activating group) is 1. The van der Waals surface area contributed by atoms with E-state index in [1.807, 2.05) is 0 Å². The SMILES string of the molecule is CN1CC(=O)N(CC(=O)Nc2cccc(C(=O)O)c2)C1=O. The Balaban J connectivity index is 2.02. The number of carbonyl (C=O) groups excluding carboxylic acids is 3. The highest BCUT2D eigenvalue weighted by Crippen LogP contribution is 2.12. The highest BCUT2D eigenvalue weighted by molar-refractivity contribution is 6.06. The third-order valence-electron chi connectivity index (χ3n) is 2.93. The zero-order valence-corrected chi connectivity index (χ0v) is 11.2. The van der Waals surface area contributed by atoms with Crippen molar-refractivity contribution in [1.82, 2.24) is 9.80 Å². The van der Waals surface area contributed by atoms with Crippen LogP contribution in [0.15, 0.2) is 24.3 Å². The van der Waals surface area contributed by atoms with Gasteiger partial charge in [0.15, 0.2) is 0 Å². The zero-order chi connectivity index (χ0) is 15.6. The molecular weight excluding hydrogens is 278 g/mol. The third-order valence-corrected chi connectivity index (χ3v) is 2.93. The molecule has 1 aliphatic heterocycles. The normalized spacial score (nSPS) is 14.5. The second-order valence-electron chi connectivity index (χ2n) is 4.55. The van der Waals surface area contributed by atoms with Crippen LogP contribution in [0.4, 0.5) is 10.5 Å². The molecule has 8 heteroatoms. The van der Waals surface area contributed by atoms with Crippen molar-refractivity contribution in [2.75, 3.05) is 25.5 Å². The lowest BCUT2D eigenvalue weighted by Gasteiger charge is -2.14. The molecule has 0 aromatic heterocycles. The number of carbonyl (C=O) groups is 4. The maximum Gasteiger partial charge on any atom is 0.335 e. The molecule has 1 fully saturated rings. The number of nitrogens with one attached hydrogen (secondary N) is 1. The van der Waals surface area contributed by atoms with Crippen molar-refractivity contribution in [1.29, 1.82) is 0 Å². The lowest BCUT2D eigenvalue weighted by atomic mass is 10.2. The maximum absolute atomic E-state index is 11.8. The molecule has 0 atom stereocenters. The summed E-state index contributed by atoms with van der Waals surface area (Å²) in [7, 11) is 1.47. The van der Waals surface area contributed by atoms with E-state index in [4.69, 9.17) is 5.11 Å². The summed E-state index contributed by atoms with van der Waals surface area (Å²) in [6, 6.07) is 5.15. The van der Waals surface area contributed by atoms with Gasteiger partial charge in [-0.05, 0) is 18.2 Å². The average molecular weight is 291 g/mol. The molecule has 2 rings (SSSR count). The molecule has 0 saturated carbocycles. The Kier molecular flexibility index (Phi) is 3.88. The molecule has 8 nitrogen and oxygen atoms in total. The molecule has 1 aromatic carbocycles. The van der Waals surface area contributed by atoms with Crippen molar-refractivity contribution < 1.29 is 24.3 Å². The lowest BCUT2D eigenvalue weighted by Crippen LogP contribution is -2.38. The van der Waals surface area contributed by atoms with Crippen LogP contribution in [0.1, 0.15) is 10.4 Å². The summed E-state index contributed by atoms with van der Waals surface area (Å²) in [6.45, 7) is -0.458. The molecule has 0 unspecified atom stereocenters. The van der Waals surface area contributed by atoms with Gasteiger partial charge in [0.05, 0.1) is 5.56 Å². The van der Waals surface area contributed by atoms with Crippen molar-refractivity contribution in [3.63, 3.8) is 0 Å². The Morgan fingerprint density at radius 1 is 1.33 bits per heavy atom. The molecule has 2 N–H and O–H groups in total. The first-order chi connectivity index (χ1) is 9.88. The third kappa shape index (κ3) is 3.16. The monoisotopic (exact) mass is 291 g/mol. The van der Waals surface area contributed by atoms with Gasteiger partial charge >= 0.3 is 12.0 Å². The van der Waals surface area contributed by atoms with E-state index in [2.05, 4.69) is 5.32 Å². The predicted octanol–water partition coefficient (Wildman–Crippen LogP) is 0.217. The van der Waals surface area contributed by atoms with Gasteiger partial charge in [-0.15, -0.1) is 0 Å². The molecule has 1 saturated heterocycles. The number of aromatic carboxylic acids is 1. The molecule has 1 aromatic rings. The smallest absolute Gasteiger partial charge is 0.335 e. The number of amides is 4. The van der Waals surface area contributed by atoms with Crippen LogP contribution in [0.25, 0.3) is 0 Å². The first kappa shape index (κ1) is 14.5. The number of carboxylic acid groups (broad SMARTS) is 1. The van der Waals surface area contributed by atoms with Gasteiger partial charge in [0.25, 0.3) is 5.91 Å². The van der Waals surface area contributed by atoms with Gasteiger partial charge in [-0.3, -0.25) is 14.5 Å². The van der Waals surface area contributed by atoms with E-state index < -0.39 is 30.4 Å². The van der Waals surface area contributed by atoms with E-state index in [1.165, 1.54) is 36.2 Å². The van der Waals surface area contributed by atoms with Gasteiger partial charge in [-0.1, -0.05) is 6.07 Å². The molecule has 0 radical (unpaired) electrons. The van der Waals surface area contributed by atoms with Gasteiger partial charge in [-0.25, -0.2) is 9.59 Å². The quantitative estimate of drug-likeness (QED) is 0.771. The van der Waals surface area contributed by atoms with E-state index in [0.29, 0.717) is 0 Å². The van der Waals surface area contributed by atoms with Crippen LogP contribution in [-0.2, 0) is 9.59 Å². The van der Waals surface area contributed by atoms with Crippen molar-refractivity contribution in [2.24, 2.45) is 0 Å². The summed E-state index contributed by atoms with van der Waals surface area (Å²) in [5, 5.41) is 11.3. The minimum absolute atomic E-state index is 0.0286. The predicted molar refractivity (Wildman–Crippen MR) is 71.8 cm³/mol. The van der Waals surface area contributed by atoms with Gasteiger partial charge in [0, 0.05) is 12.7 Å². The summed E-state index contributed by atoms with van der Waals surface area (Å²) >= 11 is 0. The lowest BCUT2D eigenvalue weighted by molar-refractivity contribution is -0.129. The topological polar surface area (TPSA) is 107 Å². The summed E-state index contributed by atoms with van der Waals surface area (Å²) in [5.41, 5.74) is 0.313. The fraction of sp³-hybridized carbons (Fsp3) is 0.231. The number of nitrogens with zero attached hydrogens (tertiary/aromatic N) is 2. The van der Waals surface area contributed by atoms with Crippen LogP contribution in [0.3, 0.4) is 0 Å². The summed E-state index contributed by atoms with van der Waals surface area (Å²) in [5.74, 6) is -2.14. The van der Waals surface area contributed by atoms with Crippen molar-refractivity contribution in [2.45, 2.75) is 0 Å². The number of urea groups is 1. The van der Waals surface area contributed by atoms with E-state index in [1.54, 1.807) is 0 Å². The van der Waals surface area contributed by atoms with Crippen molar-refractivity contribution >= 4 is 29.5 Å². The summed E-state index contributed by atoms with van der Waals surface area (Å²) in [6.07, 6.45) is 0. The number of benzene rings is 1. The molecule has 0 aliphatic carbocycles. The highest BCUT2D eigenvalue weighted by atomic mass is 16.4. The van der Waals surface area contributed by atoms with Gasteiger partial charge in [0.2, 0.25) is 5.91 Å². The number of hydrogen-bond acceptors (Lipinski definition) is 4. The van der Waals surface area contributed by atoms with Gasteiger partial charge in [-0.2, -0.15) is 0 Å². The molecular formula is C13H13N3O5. The Hall–Kier alpha value is -2.90. The number of carboxylic acids is 1. The minimum Gasteiger partial charge on any atom is -0.478 e. The largest absolute Gasteiger partial charge is 0.478 e. The average Bonchev–Trinajstić information content (AvgIpc) is 2.65. The fourth-order valence-corrected chi connectivity index (χ4v) is 1.90. The standard InChI is InChI=1S/C13H13N3O5/c1-15-7-11(18)16(13(15)21)6-10(17)14-9-4-2-3-8(5-9)12(19)20/h2-5H,6-7H2,1H3,(H,14,17)(H,19,20). The second-order valence-corrected chi connectivity index (χ2v) is 4.55. The second kappa shape index (κ2) is 5.61. The Morgan fingerprint density at radius 2 is 2.05 bits per heavy atom. The van der Waals surface area contributed by atoms with E-state index >= 15 is 0 Å². The van der Waals surface area contributed by atoms with Gasteiger partial charge in [0.1, 0.15) is 13.1 Å². The Bertz CT molecular complexity index is 628. The van der Waals surface area contributed by atoms with Crippen molar-refractivity contribution in [3.8, 4) is 0 Å². The molecule has 1 heterocycles. The van der Waals surface area contributed by atoms with Gasteiger partial charge < -0.3 is 15.3 Å². The number of hydrogen-bond donors (Lipinski definition) is 2. The van der Waals surface area contributed by atoms with E-state index in [9.17, 15) is 19.2 Å². The summed E-state index contributed by atoms with van der Waals surface area (Å²) in [4.78, 5) is 47.9. The minimum atomic E-state index is -1.11. The highest BCUT2D eigenvalue weighted by Gasteiger charge is 2.34. The van der Waals surface area contributed by atoms with Crippen LogP contribution in [0, 0.1) is 0 Å². The molecule has 110 valence electrons. The van der Waals surface area contributed by atoms with Crippen LogP contribution < -0.4 is 5.32 Å². The molecule has 4 amide bonds. The van der Waals surface area contributed by atoms with Crippen LogP contribution in [0.5, 0.6) is 0 Å². The van der Waals surface area contributed by atoms with Crippen LogP contribution >= 0.6 is 0 Å². The molecule has 0 spiro atoms. The zero-order valence-electron chi connectivity index (χ0n) is 11.2.